The quantitative estimate of drug-likeness (QED) is 0.828. The first kappa shape index (κ1) is 10.1. The maximum atomic E-state index is 6.44. The summed E-state index contributed by atoms with van der Waals surface area (Å²) in [6, 6.07) is 4.11. The molecule has 1 saturated carbocycles. The number of rotatable bonds is 2. The minimum atomic E-state index is -0.176. The average molecular weight is 219 g/mol. The van der Waals surface area contributed by atoms with Crippen molar-refractivity contribution in [1.29, 1.82) is 0 Å². The molecule has 0 bridgehead atoms. The third kappa shape index (κ3) is 1.28. The number of hydrogen-bond donors (Lipinski definition) is 1. The van der Waals surface area contributed by atoms with Crippen LogP contribution in [0, 0.1) is 0 Å². The van der Waals surface area contributed by atoms with Crippen molar-refractivity contribution in [2.45, 2.75) is 38.0 Å². The molecule has 1 aliphatic heterocycles. The molecule has 16 heavy (non-hydrogen) atoms. The first-order valence-electron chi connectivity index (χ1n) is 5.80. The van der Waals surface area contributed by atoms with Crippen molar-refractivity contribution in [3.8, 4) is 5.75 Å². The highest BCUT2D eigenvalue weighted by Gasteiger charge is 2.39. The topological polar surface area (TPSA) is 44.5 Å². The number of benzene rings is 1. The van der Waals surface area contributed by atoms with E-state index >= 15 is 0 Å². The van der Waals surface area contributed by atoms with Gasteiger partial charge >= 0.3 is 0 Å². The highest BCUT2D eigenvalue weighted by molar-refractivity contribution is 5.50. The zero-order chi connectivity index (χ0) is 11.2. The van der Waals surface area contributed by atoms with Gasteiger partial charge < -0.3 is 15.2 Å². The Bertz CT molecular complexity index is 424. The van der Waals surface area contributed by atoms with E-state index in [9.17, 15) is 0 Å². The molecule has 2 aliphatic rings. The molecular weight excluding hydrogens is 202 g/mol. The maximum Gasteiger partial charge on any atom is 0.124 e. The fourth-order valence-corrected chi connectivity index (χ4v) is 2.76. The summed E-state index contributed by atoms with van der Waals surface area (Å²) in [5, 5.41) is 0. The third-order valence-corrected chi connectivity index (χ3v) is 3.84. The standard InChI is InChI=1S/C13H17NO2/c1-15-11-4-3-9-7-16-8-10(9)12(11)13(14)5-2-6-13/h3-4H,2,5-8,14H2,1H3. The van der Waals surface area contributed by atoms with Gasteiger partial charge in [-0.1, -0.05) is 6.07 Å². The van der Waals surface area contributed by atoms with Crippen molar-refractivity contribution in [2.75, 3.05) is 7.11 Å². The van der Waals surface area contributed by atoms with E-state index in [1.165, 1.54) is 23.1 Å². The lowest BCUT2D eigenvalue weighted by molar-refractivity contribution is 0.132. The van der Waals surface area contributed by atoms with Gasteiger partial charge in [0.05, 0.1) is 20.3 Å². The molecule has 0 amide bonds. The molecule has 0 aromatic heterocycles. The van der Waals surface area contributed by atoms with Crippen molar-refractivity contribution in [3.63, 3.8) is 0 Å². The Labute approximate surface area is 95.5 Å². The van der Waals surface area contributed by atoms with Crippen LogP contribution in [0.3, 0.4) is 0 Å². The van der Waals surface area contributed by atoms with Gasteiger partial charge in [0.25, 0.3) is 0 Å². The van der Waals surface area contributed by atoms with Gasteiger partial charge in [0, 0.05) is 11.1 Å². The van der Waals surface area contributed by atoms with Gasteiger partial charge in [0.1, 0.15) is 5.75 Å². The Kier molecular flexibility index (Phi) is 2.19. The average Bonchev–Trinajstić information content (AvgIpc) is 2.72. The summed E-state index contributed by atoms with van der Waals surface area (Å²) in [6.45, 7) is 1.39. The van der Waals surface area contributed by atoms with Gasteiger partial charge in [-0.05, 0) is 36.5 Å². The molecule has 0 spiro atoms. The van der Waals surface area contributed by atoms with Crippen molar-refractivity contribution in [3.05, 3.63) is 28.8 Å². The van der Waals surface area contributed by atoms with Gasteiger partial charge in [-0.15, -0.1) is 0 Å². The van der Waals surface area contributed by atoms with E-state index < -0.39 is 0 Å². The maximum absolute atomic E-state index is 6.44. The lowest BCUT2D eigenvalue weighted by atomic mass is 9.70. The summed E-state index contributed by atoms with van der Waals surface area (Å²) in [7, 11) is 1.71. The van der Waals surface area contributed by atoms with E-state index in [0.717, 1.165) is 18.6 Å². The Morgan fingerprint density at radius 1 is 1.31 bits per heavy atom. The van der Waals surface area contributed by atoms with Crippen LogP contribution in [0.1, 0.15) is 36.0 Å². The molecule has 0 atom stereocenters. The predicted octanol–water partition coefficient (Wildman–Crippen LogP) is 2.06. The summed E-state index contributed by atoms with van der Waals surface area (Å²) < 4.78 is 11.0. The Morgan fingerprint density at radius 3 is 2.75 bits per heavy atom. The Morgan fingerprint density at radius 2 is 2.12 bits per heavy atom. The monoisotopic (exact) mass is 219 g/mol. The normalized spacial score (nSPS) is 21.4. The van der Waals surface area contributed by atoms with Crippen LogP contribution in [0.5, 0.6) is 5.75 Å². The largest absolute Gasteiger partial charge is 0.496 e. The molecule has 0 unspecified atom stereocenters. The smallest absolute Gasteiger partial charge is 0.124 e. The first-order valence-corrected chi connectivity index (χ1v) is 5.80. The minimum absolute atomic E-state index is 0.176. The van der Waals surface area contributed by atoms with Crippen LogP contribution < -0.4 is 10.5 Å². The van der Waals surface area contributed by atoms with Gasteiger partial charge in [0.15, 0.2) is 0 Å². The fourth-order valence-electron chi connectivity index (χ4n) is 2.76. The zero-order valence-electron chi connectivity index (χ0n) is 9.58. The predicted molar refractivity (Wildman–Crippen MR) is 61.2 cm³/mol. The number of fused-ring (bicyclic) bond motifs is 1. The number of ether oxygens (including phenoxy) is 2. The van der Waals surface area contributed by atoms with Crippen molar-refractivity contribution < 1.29 is 9.47 Å². The van der Waals surface area contributed by atoms with Crippen molar-refractivity contribution >= 4 is 0 Å². The lowest BCUT2D eigenvalue weighted by Crippen LogP contribution is -2.44. The van der Waals surface area contributed by atoms with E-state index in [1.807, 2.05) is 6.07 Å². The van der Waals surface area contributed by atoms with E-state index in [1.54, 1.807) is 7.11 Å². The van der Waals surface area contributed by atoms with Crippen molar-refractivity contribution in [1.82, 2.24) is 0 Å². The van der Waals surface area contributed by atoms with Crippen LogP contribution in [0.25, 0.3) is 0 Å². The van der Waals surface area contributed by atoms with Gasteiger partial charge in [-0.3, -0.25) is 0 Å². The Balaban J connectivity index is 2.16. The zero-order valence-corrected chi connectivity index (χ0v) is 9.58. The van der Waals surface area contributed by atoms with E-state index in [0.29, 0.717) is 13.2 Å². The fraction of sp³-hybridized carbons (Fsp3) is 0.538. The molecule has 2 N–H and O–H groups in total. The molecule has 1 aliphatic carbocycles. The van der Waals surface area contributed by atoms with E-state index in [-0.39, 0.29) is 5.54 Å². The van der Waals surface area contributed by atoms with Gasteiger partial charge in [-0.25, -0.2) is 0 Å². The number of nitrogens with two attached hydrogens (primary N) is 1. The third-order valence-electron chi connectivity index (χ3n) is 3.84. The van der Waals surface area contributed by atoms with Crippen LogP contribution in [0.2, 0.25) is 0 Å². The molecule has 3 nitrogen and oxygen atoms in total. The SMILES string of the molecule is COc1ccc2c(c1C1(N)CCC1)COC2. The summed E-state index contributed by atoms with van der Waals surface area (Å²) in [4.78, 5) is 0. The summed E-state index contributed by atoms with van der Waals surface area (Å²) >= 11 is 0. The molecule has 3 rings (SSSR count). The van der Waals surface area contributed by atoms with Crippen molar-refractivity contribution in [2.24, 2.45) is 5.73 Å². The van der Waals surface area contributed by atoms with Crippen LogP contribution >= 0.6 is 0 Å². The second-order valence-corrected chi connectivity index (χ2v) is 4.78. The molecular formula is C13H17NO2. The Hall–Kier alpha value is -1.06. The highest BCUT2D eigenvalue weighted by Crippen LogP contribution is 2.46. The molecule has 1 aromatic carbocycles. The van der Waals surface area contributed by atoms with E-state index in [4.69, 9.17) is 15.2 Å². The minimum Gasteiger partial charge on any atom is -0.496 e. The van der Waals surface area contributed by atoms with Crippen LogP contribution in [-0.2, 0) is 23.5 Å². The number of hydrogen-bond acceptors (Lipinski definition) is 3. The molecule has 1 fully saturated rings. The van der Waals surface area contributed by atoms with Crippen LogP contribution in [0.15, 0.2) is 12.1 Å². The lowest BCUT2D eigenvalue weighted by Gasteiger charge is -2.40. The summed E-state index contributed by atoms with van der Waals surface area (Å²) in [5.41, 5.74) is 9.99. The molecule has 1 heterocycles. The van der Waals surface area contributed by atoms with Crippen LogP contribution in [-0.4, -0.2) is 7.11 Å². The molecule has 0 saturated heterocycles. The first-order chi connectivity index (χ1) is 7.74. The van der Waals surface area contributed by atoms with E-state index in [2.05, 4.69) is 6.07 Å². The summed E-state index contributed by atoms with van der Waals surface area (Å²) in [6.07, 6.45) is 3.32. The van der Waals surface area contributed by atoms with Crippen LogP contribution in [0.4, 0.5) is 0 Å². The molecule has 3 heteroatoms. The van der Waals surface area contributed by atoms with Gasteiger partial charge in [0.2, 0.25) is 0 Å². The van der Waals surface area contributed by atoms with Gasteiger partial charge in [-0.2, -0.15) is 0 Å². The summed E-state index contributed by atoms with van der Waals surface area (Å²) in [5.74, 6) is 0.923. The molecule has 86 valence electrons. The second kappa shape index (κ2) is 3.47. The second-order valence-electron chi connectivity index (χ2n) is 4.78. The highest BCUT2D eigenvalue weighted by atomic mass is 16.5. The number of methoxy groups -OCH3 is 1. The molecule has 1 aromatic rings. The molecule has 0 radical (unpaired) electrons.